The quantitative estimate of drug-likeness (QED) is 0.772. The highest BCUT2D eigenvalue weighted by Crippen LogP contribution is 2.18. The first-order valence-electron chi connectivity index (χ1n) is 6.82. The van der Waals surface area contributed by atoms with E-state index >= 15 is 0 Å². The van der Waals surface area contributed by atoms with Gasteiger partial charge in [0, 0.05) is 19.2 Å². The topological polar surface area (TPSA) is 66.4 Å². The number of sulfonamides is 1. The Kier molecular flexibility index (Phi) is 6.70. The maximum atomic E-state index is 13.5. The summed E-state index contributed by atoms with van der Waals surface area (Å²) in [7, 11) is -4.03. The van der Waals surface area contributed by atoms with Gasteiger partial charge in [-0.2, -0.15) is 0 Å². The van der Waals surface area contributed by atoms with Gasteiger partial charge < -0.3 is 5.11 Å². The van der Waals surface area contributed by atoms with Crippen LogP contribution in [0.15, 0.2) is 23.1 Å². The number of nitrogens with one attached hydrogen (secondary N) is 1. The molecule has 0 radical (unpaired) electrons. The molecule has 0 spiro atoms. The minimum absolute atomic E-state index is 0.0340. The molecule has 0 aliphatic heterocycles. The van der Waals surface area contributed by atoms with E-state index in [2.05, 4.69) is 4.72 Å². The van der Waals surface area contributed by atoms with Crippen molar-refractivity contribution in [3.63, 3.8) is 0 Å². The lowest BCUT2D eigenvalue weighted by molar-refractivity contribution is 0.243. The molecule has 0 bridgehead atoms. The molecule has 21 heavy (non-hydrogen) atoms. The molecule has 1 atom stereocenters. The number of benzene rings is 1. The maximum Gasteiger partial charge on any atom is 0.243 e. The zero-order chi connectivity index (χ0) is 16.0. The average molecular weight is 321 g/mol. The van der Waals surface area contributed by atoms with Gasteiger partial charge in [0.2, 0.25) is 10.0 Å². The Morgan fingerprint density at radius 3 is 2.48 bits per heavy atom. The van der Waals surface area contributed by atoms with E-state index in [4.69, 9.17) is 5.11 Å². The summed E-state index contributed by atoms with van der Waals surface area (Å²) in [4.78, 5) is -0.573. The summed E-state index contributed by atoms with van der Waals surface area (Å²) in [5.74, 6) is -1.63. The first kappa shape index (κ1) is 18.0. The highest BCUT2D eigenvalue weighted by molar-refractivity contribution is 7.89. The number of hydrogen-bond acceptors (Lipinski definition) is 3. The summed E-state index contributed by atoms with van der Waals surface area (Å²) in [5, 5.41) is 8.99. The highest BCUT2D eigenvalue weighted by Gasteiger charge is 2.21. The van der Waals surface area contributed by atoms with Crippen molar-refractivity contribution >= 4 is 10.0 Å². The fourth-order valence-electron chi connectivity index (χ4n) is 2.15. The van der Waals surface area contributed by atoms with E-state index in [1.54, 1.807) is 0 Å². The maximum absolute atomic E-state index is 13.5. The fourth-order valence-corrected chi connectivity index (χ4v) is 3.32. The summed E-state index contributed by atoms with van der Waals surface area (Å²) >= 11 is 0. The zero-order valence-corrected chi connectivity index (χ0v) is 13.0. The summed E-state index contributed by atoms with van der Waals surface area (Å²) in [5.41, 5.74) is 0. The molecule has 0 aromatic heterocycles. The SMILES string of the molecule is CC(C)CC(CCO)CNS(=O)(=O)c1ccc(F)cc1F. The first-order valence-corrected chi connectivity index (χ1v) is 8.30. The molecule has 1 aromatic carbocycles. The van der Waals surface area contributed by atoms with Crippen LogP contribution in [0.25, 0.3) is 0 Å². The van der Waals surface area contributed by atoms with Crippen molar-refractivity contribution in [1.82, 2.24) is 4.72 Å². The van der Waals surface area contributed by atoms with Crippen molar-refractivity contribution in [2.75, 3.05) is 13.2 Å². The Morgan fingerprint density at radius 1 is 1.29 bits per heavy atom. The zero-order valence-electron chi connectivity index (χ0n) is 12.1. The molecule has 0 fully saturated rings. The minimum atomic E-state index is -4.03. The van der Waals surface area contributed by atoms with E-state index in [1.165, 1.54) is 0 Å². The molecule has 0 heterocycles. The second-order valence-electron chi connectivity index (χ2n) is 5.43. The number of halogens is 2. The predicted octanol–water partition coefficient (Wildman–Crippen LogP) is 2.29. The van der Waals surface area contributed by atoms with Crippen LogP contribution in [-0.4, -0.2) is 26.7 Å². The number of rotatable bonds is 8. The van der Waals surface area contributed by atoms with Crippen LogP contribution in [0, 0.1) is 23.5 Å². The smallest absolute Gasteiger partial charge is 0.243 e. The second kappa shape index (κ2) is 7.82. The van der Waals surface area contributed by atoms with Crippen LogP contribution in [0.1, 0.15) is 26.7 Å². The molecule has 0 amide bonds. The standard InChI is InChI=1S/C14H21F2NO3S/c1-10(2)7-11(5-6-18)9-17-21(19,20)14-4-3-12(15)8-13(14)16/h3-4,8,10-11,17-18H,5-7,9H2,1-2H3. The minimum Gasteiger partial charge on any atom is -0.396 e. The van der Waals surface area contributed by atoms with E-state index < -0.39 is 26.6 Å². The van der Waals surface area contributed by atoms with Crippen LogP contribution in [0.5, 0.6) is 0 Å². The van der Waals surface area contributed by atoms with Crippen LogP contribution in [-0.2, 0) is 10.0 Å². The molecule has 4 nitrogen and oxygen atoms in total. The third-order valence-corrected chi connectivity index (χ3v) is 4.54. The summed E-state index contributed by atoms with van der Waals surface area (Å²) in [6, 6.07) is 2.33. The Labute approximate surface area is 124 Å². The van der Waals surface area contributed by atoms with Crippen molar-refractivity contribution in [1.29, 1.82) is 0 Å². The molecule has 1 rings (SSSR count). The molecular formula is C14H21F2NO3S. The van der Waals surface area contributed by atoms with Gasteiger partial charge in [-0.3, -0.25) is 0 Å². The summed E-state index contributed by atoms with van der Waals surface area (Å²) in [6.45, 7) is 4.07. The monoisotopic (exact) mass is 321 g/mol. The predicted molar refractivity (Wildman–Crippen MR) is 76.2 cm³/mol. The van der Waals surface area contributed by atoms with Gasteiger partial charge in [-0.05, 0) is 36.8 Å². The Morgan fingerprint density at radius 2 is 1.95 bits per heavy atom. The van der Waals surface area contributed by atoms with Crippen LogP contribution in [0.2, 0.25) is 0 Å². The van der Waals surface area contributed by atoms with Gasteiger partial charge in [-0.25, -0.2) is 21.9 Å². The van der Waals surface area contributed by atoms with Crippen molar-refractivity contribution in [3.05, 3.63) is 29.8 Å². The second-order valence-corrected chi connectivity index (χ2v) is 7.17. The van der Waals surface area contributed by atoms with Gasteiger partial charge in [0.1, 0.15) is 16.5 Å². The molecular weight excluding hydrogens is 300 g/mol. The van der Waals surface area contributed by atoms with E-state index in [0.29, 0.717) is 18.4 Å². The summed E-state index contributed by atoms with van der Waals surface area (Å²) in [6.07, 6.45) is 1.21. The first-order chi connectivity index (χ1) is 9.76. The molecule has 7 heteroatoms. The van der Waals surface area contributed by atoms with Gasteiger partial charge in [0.25, 0.3) is 0 Å². The van der Waals surface area contributed by atoms with Crippen molar-refractivity contribution in [2.45, 2.75) is 31.6 Å². The van der Waals surface area contributed by atoms with Crippen LogP contribution >= 0.6 is 0 Å². The molecule has 0 saturated carbocycles. The molecule has 1 unspecified atom stereocenters. The lowest BCUT2D eigenvalue weighted by atomic mass is 9.95. The fraction of sp³-hybridized carbons (Fsp3) is 0.571. The highest BCUT2D eigenvalue weighted by atomic mass is 32.2. The Bertz CT molecular complexity index is 561. The molecule has 120 valence electrons. The lowest BCUT2D eigenvalue weighted by Gasteiger charge is -2.18. The molecule has 0 aliphatic carbocycles. The Hall–Kier alpha value is -1.05. The van der Waals surface area contributed by atoms with E-state index in [1.807, 2.05) is 13.8 Å². The molecule has 0 aliphatic rings. The van der Waals surface area contributed by atoms with Crippen molar-refractivity contribution < 1.29 is 22.3 Å². The average Bonchev–Trinajstić information content (AvgIpc) is 2.35. The molecule has 1 aromatic rings. The van der Waals surface area contributed by atoms with Crippen LogP contribution < -0.4 is 4.72 Å². The molecule has 0 saturated heterocycles. The van der Waals surface area contributed by atoms with E-state index in [9.17, 15) is 17.2 Å². The largest absolute Gasteiger partial charge is 0.396 e. The van der Waals surface area contributed by atoms with Gasteiger partial charge in [0.05, 0.1) is 0 Å². The normalized spacial score (nSPS) is 13.6. The van der Waals surface area contributed by atoms with Gasteiger partial charge >= 0.3 is 0 Å². The number of aliphatic hydroxyl groups is 1. The summed E-state index contributed by atoms with van der Waals surface area (Å²) < 4.78 is 52.7. The number of aliphatic hydroxyl groups excluding tert-OH is 1. The van der Waals surface area contributed by atoms with Crippen LogP contribution in [0.4, 0.5) is 8.78 Å². The van der Waals surface area contributed by atoms with Crippen molar-refractivity contribution in [3.8, 4) is 0 Å². The lowest BCUT2D eigenvalue weighted by Crippen LogP contribution is -2.31. The van der Waals surface area contributed by atoms with Crippen molar-refractivity contribution in [2.24, 2.45) is 11.8 Å². The Balaban J connectivity index is 2.79. The van der Waals surface area contributed by atoms with E-state index in [-0.39, 0.29) is 19.1 Å². The van der Waals surface area contributed by atoms with Crippen LogP contribution in [0.3, 0.4) is 0 Å². The van der Waals surface area contributed by atoms with Gasteiger partial charge in [-0.15, -0.1) is 0 Å². The number of hydrogen-bond donors (Lipinski definition) is 2. The third kappa shape index (κ3) is 5.68. The van der Waals surface area contributed by atoms with Gasteiger partial charge in [-0.1, -0.05) is 13.8 Å². The third-order valence-electron chi connectivity index (χ3n) is 3.09. The molecule has 2 N–H and O–H groups in total. The van der Waals surface area contributed by atoms with Gasteiger partial charge in [0.15, 0.2) is 0 Å². The van der Waals surface area contributed by atoms with E-state index in [0.717, 1.165) is 18.6 Å².